The van der Waals surface area contributed by atoms with Gasteiger partial charge in [0.1, 0.15) is 0 Å². The van der Waals surface area contributed by atoms with E-state index in [4.69, 9.17) is 4.74 Å². The van der Waals surface area contributed by atoms with E-state index in [9.17, 15) is 14.4 Å². The van der Waals surface area contributed by atoms with Crippen LogP contribution >= 0.6 is 0 Å². The second kappa shape index (κ2) is 9.77. The lowest BCUT2D eigenvalue weighted by atomic mass is 9.98. The molecule has 1 saturated heterocycles. The first-order chi connectivity index (χ1) is 14.8. The van der Waals surface area contributed by atoms with Crippen molar-refractivity contribution in [1.29, 1.82) is 0 Å². The highest BCUT2D eigenvalue weighted by molar-refractivity contribution is 6.00. The number of ether oxygens (including phenoxy) is 1. The standard InChI is InChI=1S/C25H30N2O4/c1-5-18-9-11-20(12-10-18)27-14-19(13-23(27)29)25(30)31-15-22(28)26-24-17(4)7-6-8-21(24)16(2)3/h6-12,16,19H,5,13-15H2,1-4H3,(H,26,28)/t19-/m1/s1. The lowest BCUT2D eigenvalue weighted by Crippen LogP contribution is -2.28. The van der Waals surface area contributed by atoms with Crippen molar-refractivity contribution < 1.29 is 19.1 Å². The third-order valence-corrected chi connectivity index (χ3v) is 5.65. The molecule has 164 valence electrons. The molecule has 6 nitrogen and oxygen atoms in total. The molecule has 0 spiro atoms. The number of carbonyl (C=O) groups is 3. The van der Waals surface area contributed by atoms with Gasteiger partial charge in [-0.15, -0.1) is 0 Å². The average Bonchev–Trinajstić information content (AvgIpc) is 3.15. The summed E-state index contributed by atoms with van der Waals surface area (Å²) in [6.45, 7) is 8.01. The van der Waals surface area contributed by atoms with Crippen molar-refractivity contribution in [2.75, 3.05) is 23.4 Å². The molecular formula is C25H30N2O4. The van der Waals surface area contributed by atoms with Gasteiger partial charge in [-0.1, -0.05) is 51.1 Å². The Hall–Kier alpha value is -3.15. The highest BCUT2D eigenvalue weighted by atomic mass is 16.5. The minimum atomic E-state index is -0.573. The molecule has 1 fully saturated rings. The summed E-state index contributed by atoms with van der Waals surface area (Å²) < 4.78 is 5.24. The SMILES string of the molecule is CCc1ccc(N2C[C@H](C(=O)OCC(=O)Nc3c(C)cccc3C(C)C)CC2=O)cc1. The van der Waals surface area contributed by atoms with Crippen molar-refractivity contribution >= 4 is 29.2 Å². The number of carbonyl (C=O) groups excluding carboxylic acids is 3. The number of nitrogens with zero attached hydrogens (tertiary/aromatic N) is 1. The largest absolute Gasteiger partial charge is 0.455 e. The van der Waals surface area contributed by atoms with Gasteiger partial charge in [-0.2, -0.15) is 0 Å². The summed E-state index contributed by atoms with van der Waals surface area (Å²) in [5, 5.41) is 2.87. The lowest BCUT2D eigenvalue weighted by molar-refractivity contribution is -0.151. The van der Waals surface area contributed by atoms with Crippen LogP contribution in [0.1, 0.15) is 49.8 Å². The number of esters is 1. The van der Waals surface area contributed by atoms with Crippen LogP contribution in [0.15, 0.2) is 42.5 Å². The second-order valence-corrected chi connectivity index (χ2v) is 8.28. The highest BCUT2D eigenvalue weighted by Gasteiger charge is 2.36. The Morgan fingerprint density at radius 3 is 2.52 bits per heavy atom. The minimum absolute atomic E-state index is 0.0886. The molecule has 1 aliphatic rings. The number of anilines is 2. The van der Waals surface area contributed by atoms with Gasteiger partial charge in [-0.05, 0) is 48.1 Å². The minimum Gasteiger partial charge on any atom is -0.455 e. The van der Waals surface area contributed by atoms with Crippen LogP contribution in [-0.2, 0) is 25.5 Å². The molecule has 3 rings (SSSR count). The maximum atomic E-state index is 12.5. The first-order valence-corrected chi connectivity index (χ1v) is 10.8. The van der Waals surface area contributed by atoms with Crippen molar-refractivity contribution in [3.05, 3.63) is 59.2 Å². The van der Waals surface area contributed by atoms with Gasteiger partial charge in [0.05, 0.1) is 5.92 Å². The van der Waals surface area contributed by atoms with Crippen LogP contribution in [0.2, 0.25) is 0 Å². The fourth-order valence-corrected chi connectivity index (χ4v) is 3.80. The number of para-hydroxylation sites is 1. The number of hydrogen-bond acceptors (Lipinski definition) is 4. The quantitative estimate of drug-likeness (QED) is 0.678. The van der Waals surface area contributed by atoms with Gasteiger partial charge in [0.25, 0.3) is 5.91 Å². The smallest absolute Gasteiger partial charge is 0.311 e. The molecule has 0 unspecified atom stereocenters. The van der Waals surface area contributed by atoms with Crippen LogP contribution in [0.25, 0.3) is 0 Å². The van der Waals surface area contributed by atoms with Crippen LogP contribution < -0.4 is 10.2 Å². The fourth-order valence-electron chi connectivity index (χ4n) is 3.80. The van der Waals surface area contributed by atoms with Gasteiger partial charge in [0.15, 0.2) is 6.61 Å². The molecule has 2 aromatic carbocycles. The van der Waals surface area contributed by atoms with Crippen molar-refractivity contribution in [2.24, 2.45) is 5.92 Å². The number of nitrogens with one attached hydrogen (secondary N) is 1. The Balaban J connectivity index is 1.56. The molecule has 1 N–H and O–H groups in total. The number of benzene rings is 2. The number of hydrogen-bond donors (Lipinski definition) is 1. The predicted octanol–water partition coefficient (Wildman–Crippen LogP) is 4.22. The van der Waals surface area contributed by atoms with Gasteiger partial charge in [0, 0.05) is 24.3 Å². The summed E-state index contributed by atoms with van der Waals surface area (Å²) >= 11 is 0. The van der Waals surface area contributed by atoms with E-state index in [2.05, 4.69) is 26.1 Å². The molecule has 31 heavy (non-hydrogen) atoms. The van der Waals surface area contributed by atoms with Crippen LogP contribution in [0.4, 0.5) is 11.4 Å². The Labute approximate surface area is 183 Å². The molecule has 1 aliphatic heterocycles. The third kappa shape index (κ3) is 5.32. The summed E-state index contributed by atoms with van der Waals surface area (Å²) in [7, 11) is 0. The van der Waals surface area contributed by atoms with Gasteiger partial charge in [0.2, 0.25) is 5.91 Å². The monoisotopic (exact) mass is 422 g/mol. The van der Waals surface area contributed by atoms with Crippen molar-refractivity contribution in [3.8, 4) is 0 Å². The summed E-state index contributed by atoms with van der Waals surface area (Å²) in [5.41, 5.74) is 4.71. The molecule has 1 heterocycles. The first-order valence-electron chi connectivity index (χ1n) is 10.8. The molecule has 0 bridgehead atoms. The molecular weight excluding hydrogens is 392 g/mol. The van der Waals surface area contributed by atoms with E-state index >= 15 is 0 Å². The summed E-state index contributed by atoms with van der Waals surface area (Å²) in [6, 6.07) is 13.6. The average molecular weight is 423 g/mol. The third-order valence-electron chi connectivity index (χ3n) is 5.65. The maximum Gasteiger partial charge on any atom is 0.311 e. The molecule has 2 aromatic rings. The summed E-state index contributed by atoms with van der Waals surface area (Å²) in [5.74, 6) is -1.35. The molecule has 1 atom stereocenters. The van der Waals surface area contributed by atoms with E-state index in [1.165, 1.54) is 5.56 Å². The Morgan fingerprint density at radius 1 is 1.16 bits per heavy atom. The van der Waals surface area contributed by atoms with Crippen molar-refractivity contribution in [3.63, 3.8) is 0 Å². The molecule has 0 saturated carbocycles. The van der Waals surface area contributed by atoms with Crippen LogP contribution in [0.5, 0.6) is 0 Å². The summed E-state index contributed by atoms with van der Waals surface area (Å²) in [4.78, 5) is 38.9. The van der Waals surface area contributed by atoms with E-state index in [0.29, 0.717) is 0 Å². The van der Waals surface area contributed by atoms with E-state index in [-0.39, 0.29) is 37.3 Å². The van der Waals surface area contributed by atoms with Crippen LogP contribution in [-0.4, -0.2) is 30.9 Å². The van der Waals surface area contributed by atoms with E-state index in [1.807, 2.05) is 49.4 Å². The number of aryl methyl sites for hydroxylation is 2. The molecule has 0 aliphatic carbocycles. The van der Waals surface area contributed by atoms with Gasteiger partial charge in [-0.3, -0.25) is 14.4 Å². The molecule has 2 amide bonds. The second-order valence-electron chi connectivity index (χ2n) is 8.28. The maximum absolute atomic E-state index is 12.5. The Kier molecular flexibility index (Phi) is 7.10. The van der Waals surface area contributed by atoms with Crippen LogP contribution in [0.3, 0.4) is 0 Å². The topological polar surface area (TPSA) is 75.7 Å². The van der Waals surface area contributed by atoms with E-state index in [1.54, 1.807) is 4.90 Å². The van der Waals surface area contributed by atoms with Gasteiger partial charge < -0.3 is 15.0 Å². The zero-order chi connectivity index (χ0) is 22.5. The Morgan fingerprint density at radius 2 is 1.87 bits per heavy atom. The fraction of sp³-hybridized carbons (Fsp3) is 0.400. The molecule has 0 radical (unpaired) electrons. The number of rotatable bonds is 7. The Bertz CT molecular complexity index is 966. The van der Waals surface area contributed by atoms with Gasteiger partial charge in [-0.25, -0.2) is 0 Å². The zero-order valence-corrected chi connectivity index (χ0v) is 18.6. The highest BCUT2D eigenvalue weighted by Crippen LogP contribution is 2.28. The van der Waals surface area contributed by atoms with Crippen molar-refractivity contribution in [1.82, 2.24) is 0 Å². The first kappa shape index (κ1) is 22.5. The van der Waals surface area contributed by atoms with Crippen molar-refractivity contribution in [2.45, 2.75) is 46.5 Å². The molecule has 0 aromatic heterocycles. The van der Waals surface area contributed by atoms with E-state index in [0.717, 1.165) is 28.9 Å². The molecule has 6 heteroatoms. The summed E-state index contributed by atoms with van der Waals surface area (Å²) in [6.07, 6.45) is 1.01. The van der Waals surface area contributed by atoms with Crippen LogP contribution in [0, 0.1) is 12.8 Å². The zero-order valence-electron chi connectivity index (χ0n) is 18.6. The number of amides is 2. The normalized spacial score (nSPS) is 16.0. The van der Waals surface area contributed by atoms with E-state index < -0.39 is 11.9 Å². The van der Waals surface area contributed by atoms with Gasteiger partial charge >= 0.3 is 5.97 Å². The predicted molar refractivity (Wildman–Crippen MR) is 121 cm³/mol. The lowest BCUT2D eigenvalue weighted by Gasteiger charge is -2.17.